The molecule has 0 aliphatic heterocycles. The molecule has 0 aliphatic carbocycles. The van der Waals surface area contributed by atoms with E-state index < -0.39 is 0 Å². The molecule has 0 spiro atoms. The van der Waals surface area contributed by atoms with Gasteiger partial charge >= 0.3 is 0 Å². The fourth-order valence-electron chi connectivity index (χ4n) is 9.06. The molecule has 0 saturated heterocycles. The summed E-state index contributed by atoms with van der Waals surface area (Å²) in [5.41, 5.74) is 16.9. The van der Waals surface area contributed by atoms with Crippen LogP contribution in [-0.4, -0.2) is 0 Å². The largest absolute Gasteiger partial charge is 0.456 e. The molecule has 0 fully saturated rings. The van der Waals surface area contributed by atoms with Crippen LogP contribution in [0, 0.1) is 0 Å². The van der Waals surface area contributed by atoms with E-state index in [0.717, 1.165) is 39.0 Å². The standard InChI is InChI=1S/C60H39NOS/c1-3-11-40(12-4-1)44-15-9-17-46(35-44)42-21-27-50(28-22-42)61(51-29-23-43(24-30-51)47-18-10-16-45(36-47)41-13-5-2-6-14-41)52-31-33-58-55(39-52)54-37-48(25-32-57(54)62-58)49-26-34-60-56(38-49)53-19-7-8-20-59(53)63-60/h1-39H. The van der Waals surface area contributed by atoms with Crippen molar-refractivity contribution in [1.82, 2.24) is 0 Å². The topological polar surface area (TPSA) is 16.4 Å². The lowest BCUT2D eigenvalue weighted by molar-refractivity contribution is 0.669. The van der Waals surface area contributed by atoms with Crippen LogP contribution in [0.25, 0.3) is 97.7 Å². The van der Waals surface area contributed by atoms with Crippen LogP contribution in [0.1, 0.15) is 0 Å². The zero-order valence-electron chi connectivity index (χ0n) is 34.3. The summed E-state index contributed by atoms with van der Waals surface area (Å²) in [5, 5.41) is 4.79. The van der Waals surface area contributed by atoms with Crippen molar-refractivity contribution in [2.75, 3.05) is 4.90 Å². The summed E-state index contributed by atoms with van der Waals surface area (Å²) in [6, 6.07) is 85.4. The molecule has 63 heavy (non-hydrogen) atoms. The molecule has 0 bridgehead atoms. The molecule has 3 heteroatoms. The Kier molecular flexibility index (Phi) is 9.06. The summed E-state index contributed by atoms with van der Waals surface area (Å²) in [6.07, 6.45) is 0. The highest BCUT2D eigenvalue weighted by molar-refractivity contribution is 7.25. The Morgan fingerprint density at radius 1 is 0.254 bits per heavy atom. The highest BCUT2D eigenvalue weighted by Gasteiger charge is 2.18. The van der Waals surface area contributed by atoms with Crippen molar-refractivity contribution >= 4 is 70.5 Å². The Morgan fingerprint density at radius 3 is 1.24 bits per heavy atom. The molecule has 10 aromatic carbocycles. The second kappa shape index (κ2) is 15.5. The Morgan fingerprint density at radius 2 is 0.651 bits per heavy atom. The van der Waals surface area contributed by atoms with E-state index in [1.807, 2.05) is 11.3 Å². The minimum atomic E-state index is 0.868. The molecule has 2 heterocycles. The first-order chi connectivity index (χ1) is 31.2. The van der Waals surface area contributed by atoms with Crippen LogP contribution in [0.4, 0.5) is 17.1 Å². The molecule has 0 atom stereocenters. The monoisotopic (exact) mass is 821 g/mol. The number of benzene rings is 10. The summed E-state index contributed by atoms with van der Waals surface area (Å²) >= 11 is 1.85. The van der Waals surface area contributed by atoms with Gasteiger partial charge in [0.1, 0.15) is 11.2 Å². The van der Waals surface area contributed by atoms with Gasteiger partial charge in [0.15, 0.2) is 0 Å². The molecule has 2 nitrogen and oxygen atoms in total. The van der Waals surface area contributed by atoms with Crippen LogP contribution < -0.4 is 4.90 Å². The predicted octanol–water partition coefficient (Wildman–Crippen LogP) is 17.8. The third kappa shape index (κ3) is 6.86. The molecule has 0 saturated carbocycles. The molecule has 296 valence electrons. The molecule has 0 radical (unpaired) electrons. The van der Waals surface area contributed by atoms with Gasteiger partial charge in [-0.2, -0.15) is 0 Å². The molecule has 12 aromatic rings. The lowest BCUT2D eigenvalue weighted by Gasteiger charge is -2.26. The zero-order chi connectivity index (χ0) is 41.7. The van der Waals surface area contributed by atoms with E-state index in [1.54, 1.807) is 0 Å². The maximum absolute atomic E-state index is 6.50. The Balaban J connectivity index is 0.948. The first kappa shape index (κ1) is 36.8. The summed E-state index contributed by atoms with van der Waals surface area (Å²) in [5.74, 6) is 0. The number of rotatable bonds is 8. The van der Waals surface area contributed by atoms with Gasteiger partial charge in [0.2, 0.25) is 0 Å². The van der Waals surface area contributed by atoms with Crippen LogP contribution >= 0.6 is 11.3 Å². The number of hydrogen-bond donors (Lipinski definition) is 0. The first-order valence-corrected chi connectivity index (χ1v) is 22.2. The molecule has 0 N–H and O–H groups in total. The SMILES string of the molecule is c1ccc(-c2cccc(-c3ccc(N(c4ccc(-c5cccc(-c6ccccc6)c5)cc4)c4ccc5oc6ccc(-c7ccc8sc9ccccc9c8c7)cc6c5c4)cc3)c2)cc1. The summed E-state index contributed by atoms with van der Waals surface area (Å²) in [7, 11) is 0. The van der Waals surface area contributed by atoms with E-state index in [0.29, 0.717) is 0 Å². The number of thiophene rings is 1. The molecule has 12 rings (SSSR count). The average Bonchev–Trinajstić information content (AvgIpc) is 3.92. The normalized spacial score (nSPS) is 11.5. The Labute approximate surface area is 370 Å². The van der Waals surface area contributed by atoms with Crippen LogP contribution in [0.5, 0.6) is 0 Å². The smallest absolute Gasteiger partial charge is 0.135 e. The lowest BCUT2D eigenvalue weighted by Crippen LogP contribution is -2.09. The van der Waals surface area contributed by atoms with Crippen molar-refractivity contribution in [3.05, 3.63) is 237 Å². The second-order valence-electron chi connectivity index (χ2n) is 16.1. The van der Waals surface area contributed by atoms with Crippen molar-refractivity contribution in [3.8, 4) is 55.6 Å². The van der Waals surface area contributed by atoms with Gasteiger partial charge in [-0.1, -0.05) is 152 Å². The first-order valence-electron chi connectivity index (χ1n) is 21.4. The van der Waals surface area contributed by atoms with Crippen molar-refractivity contribution < 1.29 is 4.42 Å². The van der Waals surface area contributed by atoms with E-state index in [2.05, 4.69) is 241 Å². The van der Waals surface area contributed by atoms with Crippen LogP contribution in [0.15, 0.2) is 241 Å². The van der Waals surface area contributed by atoms with E-state index in [1.165, 1.54) is 75.8 Å². The van der Waals surface area contributed by atoms with E-state index in [9.17, 15) is 0 Å². The highest BCUT2D eigenvalue weighted by atomic mass is 32.1. The maximum atomic E-state index is 6.50. The minimum absolute atomic E-state index is 0.868. The second-order valence-corrected chi connectivity index (χ2v) is 17.2. The number of fused-ring (bicyclic) bond motifs is 6. The Bertz CT molecular complexity index is 3480. The van der Waals surface area contributed by atoms with Crippen LogP contribution in [0.2, 0.25) is 0 Å². The molecule has 0 amide bonds. The van der Waals surface area contributed by atoms with Gasteiger partial charge in [0, 0.05) is 48.0 Å². The minimum Gasteiger partial charge on any atom is -0.456 e. The van der Waals surface area contributed by atoms with E-state index in [-0.39, 0.29) is 0 Å². The van der Waals surface area contributed by atoms with Gasteiger partial charge < -0.3 is 9.32 Å². The Hall–Kier alpha value is -7.98. The lowest BCUT2D eigenvalue weighted by atomic mass is 9.98. The van der Waals surface area contributed by atoms with Crippen LogP contribution in [0.3, 0.4) is 0 Å². The highest BCUT2D eigenvalue weighted by Crippen LogP contribution is 2.42. The van der Waals surface area contributed by atoms with Crippen molar-refractivity contribution in [2.24, 2.45) is 0 Å². The summed E-state index contributed by atoms with van der Waals surface area (Å²) in [6.45, 7) is 0. The number of furan rings is 1. The predicted molar refractivity (Wildman–Crippen MR) is 268 cm³/mol. The summed E-state index contributed by atoms with van der Waals surface area (Å²) < 4.78 is 9.12. The van der Waals surface area contributed by atoms with Gasteiger partial charge in [-0.25, -0.2) is 0 Å². The third-order valence-corrected chi connectivity index (χ3v) is 13.4. The quantitative estimate of drug-likeness (QED) is 0.152. The zero-order valence-corrected chi connectivity index (χ0v) is 35.1. The van der Waals surface area contributed by atoms with Gasteiger partial charge in [-0.05, 0) is 141 Å². The third-order valence-electron chi connectivity index (χ3n) is 12.3. The fourth-order valence-corrected chi connectivity index (χ4v) is 10.1. The van der Waals surface area contributed by atoms with Gasteiger partial charge in [-0.3, -0.25) is 0 Å². The number of hydrogen-bond acceptors (Lipinski definition) is 3. The molecular weight excluding hydrogens is 783 g/mol. The van der Waals surface area contributed by atoms with Crippen molar-refractivity contribution in [3.63, 3.8) is 0 Å². The van der Waals surface area contributed by atoms with Crippen LogP contribution in [-0.2, 0) is 0 Å². The van der Waals surface area contributed by atoms with E-state index in [4.69, 9.17) is 4.42 Å². The number of anilines is 3. The number of nitrogens with zero attached hydrogens (tertiary/aromatic N) is 1. The maximum Gasteiger partial charge on any atom is 0.135 e. The van der Waals surface area contributed by atoms with Crippen molar-refractivity contribution in [2.45, 2.75) is 0 Å². The van der Waals surface area contributed by atoms with Gasteiger partial charge in [-0.15, -0.1) is 11.3 Å². The average molecular weight is 822 g/mol. The molecule has 0 unspecified atom stereocenters. The summed E-state index contributed by atoms with van der Waals surface area (Å²) in [4.78, 5) is 2.35. The van der Waals surface area contributed by atoms with Crippen molar-refractivity contribution in [1.29, 1.82) is 0 Å². The van der Waals surface area contributed by atoms with Gasteiger partial charge in [0.05, 0.1) is 0 Å². The van der Waals surface area contributed by atoms with E-state index >= 15 is 0 Å². The molecule has 2 aromatic heterocycles. The molecule has 0 aliphatic rings. The molecular formula is C60H39NOS. The van der Waals surface area contributed by atoms with Gasteiger partial charge in [0.25, 0.3) is 0 Å². The fraction of sp³-hybridized carbons (Fsp3) is 0.